The molecule has 0 amide bonds. The highest BCUT2D eigenvalue weighted by Crippen LogP contribution is 2.43. The van der Waals surface area contributed by atoms with Gasteiger partial charge in [0.05, 0.1) is 17.6 Å². The van der Waals surface area contributed by atoms with Crippen molar-refractivity contribution in [1.82, 2.24) is 5.32 Å². The highest BCUT2D eigenvalue weighted by molar-refractivity contribution is 5.92. The van der Waals surface area contributed by atoms with Gasteiger partial charge < -0.3 is 20.3 Å². The molecule has 0 aromatic heterocycles. The van der Waals surface area contributed by atoms with Gasteiger partial charge in [-0.2, -0.15) is 13.2 Å². The van der Waals surface area contributed by atoms with Crippen molar-refractivity contribution in [2.45, 2.75) is 107 Å². The van der Waals surface area contributed by atoms with Crippen LogP contribution in [0.5, 0.6) is 0 Å². The molecule has 4 atom stereocenters. The molecule has 2 aliphatic rings. The third-order valence-electron chi connectivity index (χ3n) is 7.57. The highest BCUT2D eigenvalue weighted by atomic mass is 19.4. The maximum atomic E-state index is 13.8. The van der Waals surface area contributed by atoms with E-state index in [1.807, 2.05) is 6.92 Å². The van der Waals surface area contributed by atoms with Gasteiger partial charge in [-0.1, -0.05) is 39.0 Å². The fourth-order valence-corrected chi connectivity index (χ4v) is 5.93. The fraction of sp³-hybridized carbons (Fsp3) is 0.692. The zero-order valence-corrected chi connectivity index (χ0v) is 20.9. The Labute approximate surface area is 213 Å². The normalized spacial score (nSPS) is 25.5. The molecule has 37 heavy (non-hydrogen) atoms. The first-order valence-electron chi connectivity index (χ1n) is 12.8. The molecule has 3 rings (SSSR count). The topological polar surface area (TPSA) is 109 Å². The zero-order chi connectivity index (χ0) is 27.4. The van der Waals surface area contributed by atoms with Gasteiger partial charge >= 0.3 is 6.18 Å². The SMILES string of the molecule is CCCCC1(O)CC(C(O)C(Cc2cc(F)cc(F)c2)C(=N)OC(=N)C(F)(F)F)NC2(CCCCC2)C1. The molecule has 4 unspecified atom stereocenters. The first-order chi connectivity index (χ1) is 17.3. The minimum atomic E-state index is -5.15. The van der Waals surface area contributed by atoms with E-state index in [0.29, 0.717) is 18.9 Å². The molecule has 1 saturated carbocycles. The van der Waals surface area contributed by atoms with Gasteiger partial charge in [0, 0.05) is 17.6 Å². The number of piperidine rings is 1. The highest BCUT2D eigenvalue weighted by Gasteiger charge is 2.50. The molecular weight excluding hydrogens is 497 g/mol. The lowest BCUT2D eigenvalue weighted by atomic mass is 9.66. The van der Waals surface area contributed by atoms with Gasteiger partial charge in [0.2, 0.25) is 0 Å². The molecule has 1 aliphatic heterocycles. The lowest BCUT2D eigenvalue weighted by molar-refractivity contribution is -0.0864. The van der Waals surface area contributed by atoms with Crippen LogP contribution in [0.2, 0.25) is 0 Å². The number of benzene rings is 1. The molecule has 208 valence electrons. The second-order valence-corrected chi connectivity index (χ2v) is 10.7. The summed E-state index contributed by atoms with van der Waals surface area (Å²) in [6, 6.07) is 1.76. The number of hydrogen-bond acceptors (Lipinski definition) is 6. The lowest BCUT2D eigenvalue weighted by Gasteiger charge is -2.53. The Morgan fingerprint density at radius 2 is 1.76 bits per heavy atom. The molecule has 1 saturated heterocycles. The fourth-order valence-electron chi connectivity index (χ4n) is 5.93. The van der Waals surface area contributed by atoms with E-state index >= 15 is 0 Å². The van der Waals surface area contributed by atoms with Crippen molar-refractivity contribution in [3.05, 3.63) is 35.4 Å². The Balaban J connectivity index is 1.93. The lowest BCUT2D eigenvalue weighted by Crippen LogP contribution is -2.66. The first-order valence-corrected chi connectivity index (χ1v) is 12.8. The number of alkyl halides is 3. The third kappa shape index (κ3) is 7.70. The number of hydrogen-bond donors (Lipinski definition) is 5. The minimum absolute atomic E-state index is 0.0119. The molecule has 0 bridgehead atoms. The smallest absolute Gasteiger partial charge is 0.421 e. The van der Waals surface area contributed by atoms with Crippen LogP contribution in [0.25, 0.3) is 0 Å². The molecule has 1 aromatic rings. The van der Waals surface area contributed by atoms with E-state index in [9.17, 15) is 32.2 Å². The van der Waals surface area contributed by atoms with Crippen molar-refractivity contribution < 1.29 is 36.9 Å². The maximum absolute atomic E-state index is 13.8. The van der Waals surface area contributed by atoms with Crippen LogP contribution in [0.4, 0.5) is 22.0 Å². The Bertz CT molecular complexity index is 947. The van der Waals surface area contributed by atoms with Gasteiger partial charge in [0.25, 0.3) is 5.90 Å². The first kappa shape index (κ1) is 29.4. The number of aliphatic hydroxyl groups excluding tert-OH is 1. The summed E-state index contributed by atoms with van der Waals surface area (Å²) in [7, 11) is 0. The van der Waals surface area contributed by atoms with Crippen molar-refractivity contribution in [1.29, 1.82) is 10.8 Å². The van der Waals surface area contributed by atoms with Crippen LogP contribution in [-0.2, 0) is 11.2 Å². The summed E-state index contributed by atoms with van der Waals surface area (Å²) in [5.74, 6) is -6.45. The van der Waals surface area contributed by atoms with E-state index in [1.165, 1.54) is 0 Å². The van der Waals surface area contributed by atoms with E-state index in [1.54, 1.807) is 0 Å². The summed E-state index contributed by atoms with van der Waals surface area (Å²) in [5, 5.41) is 41.8. The van der Waals surface area contributed by atoms with E-state index in [-0.39, 0.29) is 12.0 Å². The van der Waals surface area contributed by atoms with E-state index in [2.05, 4.69) is 10.1 Å². The van der Waals surface area contributed by atoms with E-state index < -0.39 is 65.2 Å². The monoisotopic (exact) mass is 533 g/mol. The standard InChI is InChI=1S/C26H36F5N3O3/c1-2-3-9-25(36)14-20(34-24(15-25)7-5-4-6-8-24)21(35)19(22(32)37-23(33)26(29,30)31)12-16-10-17(27)13-18(28)11-16/h10-11,13,19-21,32-36H,2-9,12,14-15H2,1H3. The summed E-state index contributed by atoms with van der Waals surface area (Å²) in [5.41, 5.74) is -1.58. The van der Waals surface area contributed by atoms with Crippen LogP contribution < -0.4 is 5.32 Å². The number of rotatable bonds is 8. The Hall–Kier alpha value is -2.11. The second-order valence-electron chi connectivity index (χ2n) is 10.7. The molecular formula is C26H36F5N3O3. The maximum Gasteiger partial charge on any atom is 0.468 e. The summed E-state index contributed by atoms with van der Waals surface area (Å²) in [4.78, 5) is 0. The summed E-state index contributed by atoms with van der Waals surface area (Å²) in [6.07, 6.45) is -0.0187. The number of unbranched alkanes of at least 4 members (excludes halogenated alkanes) is 1. The van der Waals surface area contributed by atoms with Crippen molar-refractivity contribution in [3.63, 3.8) is 0 Å². The predicted molar refractivity (Wildman–Crippen MR) is 129 cm³/mol. The molecule has 6 nitrogen and oxygen atoms in total. The zero-order valence-electron chi connectivity index (χ0n) is 20.9. The number of ether oxygens (including phenoxy) is 1. The molecule has 11 heteroatoms. The Morgan fingerprint density at radius 1 is 1.14 bits per heavy atom. The third-order valence-corrected chi connectivity index (χ3v) is 7.57. The van der Waals surface area contributed by atoms with Crippen LogP contribution in [0.1, 0.15) is 76.7 Å². The predicted octanol–water partition coefficient (Wildman–Crippen LogP) is 5.39. The van der Waals surface area contributed by atoms with Crippen LogP contribution in [0.3, 0.4) is 0 Å². The van der Waals surface area contributed by atoms with E-state index in [4.69, 9.17) is 10.8 Å². The molecule has 1 spiro atoms. The molecule has 0 radical (unpaired) electrons. The Kier molecular flexibility index (Phi) is 9.34. The molecule has 2 fully saturated rings. The van der Waals surface area contributed by atoms with Crippen LogP contribution in [0.15, 0.2) is 18.2 Å². The molecule has 1 heterocycles. The van der Waals surface area contributed by atoms with Crippen molar-refractivity contribution in [2.24, 2.45) is 5.92 Å². The number of halogens is 5. The van der Waals surface area contributed by atoms with Crippen LogP contribution in [-0.4, -0.2) is 51.5 Å². The van der Waals surface area contributed by atoms with E-state index in [0.717, 1.165) is 57.1 Å². The van der Waals surface area contributed by atoms with Crippen molar-refractivity contribution in [3.8, 4) is 0 Å². The number of nitrogens with one attached hydrogen (secondary N) is 3. The van der Waals surface area contributed by atoms with Crippen LogP contribution in [0, 0.1) is 28.4 Å². The van der Waals surface area contributed by atoms with Gasteiger partial charge in [-0.15, -0.1) is 0 Å². The van der Waals surface area contributed by atoms with Crippen molar-refractivity contribution >= 4 is 11.8 Å². The molecule has 1 aliphatic carbocycles. The quantitative estimate of drug-likeness (QED) is 0.175. The summed E-state index contributed by atoms with van der Waals surface area (Å²) >= 11 is 0. The number of aliphatic hydroxyl groups is 2. The average Bonchev–Trinajstić information content (AvgIpc) is 2.79. The minimum Gasteiger partial charge on any atom is -0.421 e. The van der Waals surface area contributed by atoms with Crippen molar-refractivity contribution in [2.75, 3.05) is 0 Å². The second kappa shape index (κ2) is 11.7. The molecule has 5 N–H and O–H groups in total. The average molecular weight is 534 g/mol. The van der Waals surface area contributed by atoms with Gasteiger partial charge in [0.15, 0.2) is 5.90 Å². The molecule has 1 aromatic carbocycles. The van der Waals surface area contributed by atoms with Crippen LogP contribution >= 0.6 is 0 Å². The largest absolute Gasteiger partial charge is 0.468 e. The van der Waals surface area contributed by atoms with Gasteiger partial charge in [-0.25, -0.2) is 8.78 Å². The summed E-state index contributed by atoms with van der Waals surface area (Å²) in [6.45, 7) is 2.00. The van der Waals surface area contributed by atoms with Gasteiger partial charge in [-0.05, 0) is 56.2 Å². The van der Waals surface area contributed by atoms with Gasteiger partial charge in [-0.3, -0.25) is 10.8 Å². The summed E-state index contributed by atoms with van der Waals surface area (Å²) < 4.78 is 71.1. The Morgan fingerprint density at radius 3 is 2.32 bits per heavy atom. The van der Waals surface area contributed by atoms with Gasteiger partial charge in [0.1, 0.15) is 11.6 Å².